The van der Waals surface area contributed by atoms with Crippen LogP contribution in [-0.2, 0) is 59.1 Å². The average molecular weight is 1760 g/mol. The van der Waals surface area contributed by atoms with Gasteiger partial charge in [0.1, 0.15) is 61.2 Å². The number of rotatable bonds is 9. The first-order chi connectivity index (χ1) is 60.5. The number of aryl methyl sites for hydroxylation is 3. The van der Waals surface area contributed by atoms with Crippen LogP contribution in [0.2, 0.25) is 0 Å². The Morgan fingerprint density at radius 2 is 0.921 bits per heavy atom. The first kappa shape index (κ1) is 85.6. The molecule has 33 nitrogen and oxygen atoms in total. The van der Waals surface area contributed by atoms with E-state index in [9.17, 15) is 55.1 Å². The van der Waals surface area contributed by atoms with Gasteiger partial charge in [-0.1, -0.05) is 30.9 Å². The first-order valence-electron chi connectivity index (χ1n) is 41.9. The zero-order valence-electron chi connectivity index (χ0n) is 72.2. The van der Waals surface area contributed by atoms with Crippen molar-refractivity contribution >= 4 is 53.2 Å². The molecule has 18 atom stereocenters. The molecule has 5 saturated heterocycles. The number of nitrogens with zero attached hydrogens (tertiary/aromatic N) is 9. The number of cyclic esters (lactones) is 2. The maximum absolute atomic E-state index is 13.0. The van der Waals surface area contributed by atoms with Crippen LogP contribution < -0.4 is 68.3 Å². The summed E-state index contributed by atoms with van der Waals surface area (Å²) in [4.78, 5) is 76.7. The zero-order chi connectivity index (χ0) is 89.3. The molecule has 35 heteroatoms. The van der Waals surface area contributed by atoms with Gasteiger partial charge >= 0.3 is 23.9 Å². The number of esters is 4. The Hall–Kier alpha value is -11.1. The molecule has 6 aromatic rings. The number of phenolic OH excluding ortho intramolecular Hbond substituents is 3. The molecule has 14 aliphatic rings. The lowest BCUT2D eigenvalue weighted by atomic mass is 9.71. The van der Waals surface area contributed by atoms with E-state index >= 15 is 0 Å². The predicted octanol–water partition coefficient (Wildman–Crippen LogP) is 8.40. The number of phenols is 3. The molecule has 0 saturated carbocycles. The fourth-order valence-corrected chi connectivity index (χ4v) is 26.1. The quantitative estimate of drug-likeness (QED) is 0.0392. The summed E-state index contributed by atoms with van der Waals surface area (Å²) in [6.07, 6.45) is 3.97. The van der Waals surface area contributed by atoms with Crippen molar-refractivity contribution in [2.45, 2.75) is 188 Å². The Morgan fingerprint density at radius 1 is 0.524 bits per heavy atom. The number of ketones is 1. The molecular formula is C91H99N11O22S2. The molecule has 14 heterocycles. The molecule has 0 spiro atoms. The molecule has 6 aromatic carbocycles. The number of nitriles is 3. The van der Waals surface area contributed by atoms with Crippen molar-refractivity contribution in [1.29, 1.82) is 15.8 Å². The van der Waals surface area contributed by atoms with Gasteiger partial charge in [-0.25, -0.2) is 4.79 Å². The van der Waals surface area contributed by atoms with E-state index in [0.717, 1.165) is 72.5 Å². The van der Waals surface area contributed by atoms with Crippen LogP contribution in [0.5, 0.6) is 86.2 Å². The van der Waals surface area contributed by atoms with E-state index in [1.807, 2.05) is 60.8 Å². The smallest absolute Gasteiger partial charge is 0.375 e. The SMILES string of the molecule is C=CCOc1c(C)c2c(c3c1CC1[C@H]4c5c(cc(C)c(OC)c5O)C[C@@H]([C@H](C#N)N1[C@H]3CN)N4C)OCO2.COc1c(C)cc2c(c1O)[C@@H]1C3[C@@H]4SCC(=O)C(=O)OC[C@@H](c5c6c(c(C)c(OC(C)=O)c54)OCO6)N3[C@@H](C#N)C(C2)N1C.COc1c(C)cc2c(c1O)[C@@H]1C3[C@@H]4SCC(N)C(=O)OC[C@@H](c5c6c(c(C)c(OC(C)=O)c54)OCO6)N3[C@@H](C#N)C(C2)N1C. The summed E-state index contributed by atoms with van der Waals surface area (Å²) in [6.45, 7) is 18.1. The number of hydrogen-bond acceptors (Lipinski definition) is 35. The summed E-state index contributed by atoms with van der Waals surface area (Å²) in [5, 5.41) is 66.0. The van der Waals surface area contributed by atoms with E-state index in [1.165, 1.54) is 51.6 Å². The highest BCUT2D eigenvalue weighted by molar-refractivity contribution is 8.00. The largest absolute Gasteiger partial charge is 0.504 e. The van der Waals surface area contributed by atoms with Gasteiger partial charge < -0.3 is 93.1 Å². The third kappa shape index (κ3) is 12.7. The van der Waals surface area contributed by atoms with Crippen molar-refractivity contribution in [2.75, 3.05) is 101 Å². The second-order valence-electron chi connectivity index (χ2n) is 34.3. The molecule has 10 bridgehead atoms. The number of piperazine rings is 3. The Kier molecular flexibility index (Phi) is 22.2. The number of fused-ring (bicyclic) bond motifs is 27. The van der Waals surface area contributed by atoms with Gasteiger partial charge in [0.05, 0.1) is 92.0 Å². The van der Waals surface area contributed by atoms with Crippen LogP contribution in [0.1, 0.15) is 161 Å². The van der Waals surface area contributed by atoms with Gasteiger partial charge in [0, 0.05) is 129 Å². The molecule has 14 aliphatic heterocycles. The summed E-state index contributed by atoms with van der Waals surface area (Å²) in [5.74, 6) is 2.88. The molecule has 0 radical (unpaired) electrons. The number of carbonyl (C=O) groups excluding carboxylic acids is 5. The van der Waals surface area contributed by atoms with Gasteiger partial charge in [-0.2, -0.15) is 15.8 Å². The molecule has 7 N–H and O–H groups in total. The molecule has 6 unspecified atom stereocenters. The van der Waals surface area contributed by atoms with Crippen molar-refractivity contribution in [1.82, 2.24) is 29.4 Å². The van der Waals surface area contributed by atoms with Gasteiger partial charge in [0.2, 0.25) is 26.2 Å². The lowest BCUT2D eigenvalue weighted by Gasteiger charge is -2.61. The van der Waals surface area contributed by atoms with Crippen molar-refractivity contribution in [2.24, 2.45) is 11.5 Å². The number of Topliss-reactive ketones (excluding diaryl/α,β-unsaturated/α-hetero) is 1. The average Bonchev–Trinajstić information content (AvgIpc) is 1.36. The Morgan fingerprint density at radius 3 is 1.34 bits per heavy atom. The van der Waals surface area contributed by atoms with Crippen LogP contribution in [0, 0.1) is 75.5 Å². The number of methoxy groups -OCH3 is 3. The Labute approximate surface area is 735 Å². The molecular weight excluding hydrogens is 1660 g/mol. The molecule has 20 rings (SSSR count). The van der Waals surface area contributed by atoms with Crippen LogP contribution >= 0.6 is 23.5 Å². The van der Waals surface area contributed by atoms with Gasteiger partial charge in [0.25, 0.3) is 0 Å². The van der Waals surface area contributed by atoms with E-state index in [4.69, 9.17) is 77.8 Å². The minimum Gasteiger partial charge on any atom is -0.504 e. The molecule has 0 aromatic heterocycles. The van der Waals surface area contributed by atoms with Gasteiger partial charge in [-0.15, -0.1) is 23.5 Å². The van der Waals surface area contributed by atoms with E-state index in [1.54, 1.807) is 20.1 Å². The number of hydrogen-bond donors (Lipinski definition) is 5. The van der Waals surface area contributed by atoms with Crippen molar-refractivity contribution < 1.29 is 106 Å². The lowest BCUT2D eigenvalue weighted by molar-refractivity contribution is -0.157. The van der Waals surface area contributed by atoms with Crippen LogP contribution in [-0.4, -0.2) is 236 Å². The first-order valence-corrected chi connectivity index (χ1v) is 44.0. The Balaban J connectivity index is 0.000000129. The fourth-order valence-electron chi connectivity index (χ4n) is 23.3. The van der Waals surface area contributed by atoms with Crippen LogP contribution in [0.3, 0.4) is 0 Å². The number of nitrogens with two attached hydrogens (primary N) is 2. The highest BCUT2D eigenvalue weighted by atomic mass is 32.2. The van der Waals surface area contributed by atoms with Gasteiger partial charge in [-0.05, 0) is 122 Å². The standard InChI is InChI=1S/C31H34N4O8S.C31H31N3O9S.C29H34N4O5/c1-12-6-15-7-17-18(8-32)35-19-9-40-31(38)16(33)10-44-30(24(35)23(34(17)4)20(15)25(37)26(12)39-5)22-21(19)29-28(41-11-42-29)13(2)27(22)43-14(3)36;1-12-6-15-7-16-17(8-32)34-18-9-40-31(38)19(36)10-44-30(24(34)23(33(16)4)20(15)25(37)26(12)39-5)22-21(18)29-28(41-11-42-29)13(2)27(22)43-14(3)35;1-6-7-36-27-15(3)28-29(38-13-37-28)23-17(27)10-19-24-22-16(8-14(2)26(35-5)25(22)34)9-18(32(24)4)20(11-30)33(19)21(23)12-31/h6,16-19,23-24,30,37H,7,9-11,33H2,1-5H3;6,16-18,23-24,30,37H,7,9-11H2,1-5H3;6,8,18-21,24,34H,1,7,9-10,12-13,31H2,2-5H3/t16?,17?,18-,19-,23+,24?,30+;16?,17-,18-,23+,24?,30+;18-,19?,20-,21-,24-/m000/s1. The minimum atomic E-state index is -0.949. The number of carbonyl (C=O) groups is 5. The second kappa shape index (κ2) is 32.6. The zero-order valence-corrected chi connectivity index (χ0v) is 73.8. The second-order valence-corrected chi connectivity index (χ2v) is 36.6. The molecule has 662 valence electrons. The van der Waals surface area contributed by atoms with Crippen LogP contribution in [0.15, 0.2) is 30.9 Å². The molecule has 5 fully saturated rings. The van der Waals surface area contributed by atoms with Crippen LogP contribution in [0.25, 0.3) is 0 Å². The Bertz CT molecular complexity index is 5790. The molecule has 0 amide bonds. The molecule has 0 aliphatic carbocycles. The summed E-state index contributed by atoms with van der Waals surface area (Å²) in [6, 6.07) is 6.81. The monoisotopic (exact) mass is 1760 g/mol. The number of benzene rings is 6. The third-order valence-corrected chi connectivity index (χ3v) is 30.8. The molecule has 126 heavy (non-hydrogen) atoms. The number of likely N-dealkylation sites (N-methyl/N-ethyl adjacent to an activating group) is 3. The highest BCUT2D eigenvalue weighted by Gasteiger charge is 2.65. The maximum atomic E-state index is 13.0. The van der Waals surface area contributed by atoms with Crippen LogP contribution in [0.4, 0.5) is 0 Å². The van der Waals surface area contributed by atoms with Crippen molar-refractivity contribution in [3.63, 3.8) is 0 Å². The number of thioether (sulfide) groups is 2. The van der Waals surface area contributed by atoms with E-state index in [0.29, 0.717) is 135 Å². The van der Waals surface area contributed by atoms with Gasteiger partial charge in [0.15, 0.2) is 69.0 Å². The van der Waals surface area contributed by atoms with E-state index in [2.05, 4.69) is 67.3 Å². The predicted molar refractivity (Wildman–Crippen MR) is 454 cm³/mol. The van der Waals surface area contributed by atoms with Crippen molar-refractivity contribution in [3.8, 4) is 104 Å². The summed E-state index contributed by atoms with van der Waals surface area (Å²) in [7, 11) is 10.6. The lowest BCUT2D eigenvalue weighted by Crippen LogP contribution is -2.69. The summed E-state index contributed by atoms with van der Waals surface area (Å²) < 4.78 is 82.2. The number of aromatic hydroxyl groups is 3. The maximum Gasteiger partial charge on any atom is 0.375 e. The third-order valence-electron chi connectivity index (χ3n) is 28.1. The minimum absolute atomic E-state index is 0.0240. The topological polar surface area (TPSA) is 418 Å². The van der Waals surface area contributed by atoms with Crippen molar-refractivity contribution in [3.05, 3.63) is 131 Å². The summed E-state index contributed by atoms with van der Waals surface area (Å²) >= 11 is 2.66. The van der Waals surface area contributed by atoms with E-state index in [-0.39, 0.29) is 98.6 Å². The highest BCUT2D eigenvalue weighted by Crippen LogP contribution is 2.68. The number of ether oxygens (including phenoxy) is 14. The normalized spacial score (nSPS) is 28.8. The fraction of sp³-hybridized carbons (Fsp3) is 0.495. The van der Waals surface area contributed by atoms with Gasteiger partial charge in [-0.3, -0.25) is 48.6 Å². The van der Waals surface area contributed by atoms with E-state index < -0.39 is 101 Å². The summed E-state index contributed by atoms with van der Waals surface area (Å²) in [5.41, 5.74) is 27.1.